The molecule has 0 aromatic heterocycles. The molecule has 0 unspecified atom stereocenters. The van der Waals surface area contributed by atoms with Gasteiger partial charge in [-0.2, -0.15) is 0 Å². The number of aliphatic hydroxyl groups excluding tert-OH is 1. The van der Waals surface area contributed by atoms with Crippen molar-refractivity contribution >= 4 is 11.6 Å². The molecule has 2 rings (SSSR count). The van der Waals surface area contributed by atoms with Gasteiger partial charge < -0.3 is 25.8 Å². The number of nitrogens with one attached hydrogen (secondary N) is 1. The van der Waals surface area contributed by atoms with Gasteiger partial charge in [0, 0.05) is 24.7 Å². The summed E-state index contributed by atoms with van der Waals surface area (Å²) < 4.78 is 6.05. The lowest BCUT2D eigenvalue weighted by Gasteiger charge is -2.37. The lowest BCUT2D eigenvalue weighted by molar-refractivity contribution is 0.0416. The van der Waals surface area contributed by atoms with Gasteiger partial charge in [0.1, 0.15) is 11.9 Å². The Kier molecular flexibility index (Phi) is 5.26. The first-order valence-electron chi connectivity index (χ1n) is 7.60. The highest BCUT2D eigenvalue weighted by Crippen LogP contribution is 2.29. The van der Waals surface area contributed by atoms with Crippen molar-refractivity contribution < 1.29 is 14.6 Å². The largest absolute Gasteiger partial charge is 0.488 e. The number of carbonyl (C=O) groups excluding carboxylic acids is 1. The van der Waals surface area contributed by atoms with Gasteiger partial charge in [-0.1, -0.05) is 6.92 Å². The zero-order chi connectivity index (χ0) is 16.3. The highest BCUT2D eigenvalue weighted by Gasteiger charge is 2.32. The molecule has 3 atom stereocenters. The summed E-state index contributed by atoms with van der Waals surface area (Å²) in [5, 5.41) is 12.6. The lowest BCUT2D eigenvalue weighted by atomic mass is 9.99. The molecule has 6 nitrogen and oxygen atoms in total. The van der Waals surface area contributed by atoms with Crippen LogP contribution in [0, 0.1) is 5.92 Å². The number of ether oxygens (including phenoxy) is 1. The Bertz CT molecular complexity index is 535. The molecule has 1 aromatic rings. The molecule has 1 heterocycles. The highest BCUT2D eigenvalue weighted by atomic mass is 16.5. The number of anilines is 1. The summed E-state index contributed by atoms with van der Waals surface area (Å²) >= 11 is 0. The van der Waals surface area contributed by atoms with Crippen LogP contribution >= 0.6 is 0 Å². The summed E-state index contributed by atoms with van der Waals surface area (Å²) in [7, 11) is 1.87. The number of aliphatic hydroxyl groups is 1. The van der Waals surface area contributed by atoms with Gasteiger partial charge >= 0.3 is 0 Å². The average molecular weight is 307 g/mol. The quantitative estimate of drug-likeness (QED) is 0.713. The molecule has 4 N–H and O–H groups in total. The molecule has 1 amide bonds. The van der Waals surface area contributed by atoms with Crippen molar-refractivity contribution in [3.05, 3.63) is 23.8 Å². The van der Waals surface area contributed by atoms with Crippen LogP contribution in [0.5, 0.6) is 5.75 Å². The first-order chi connectivity index (χ1) is 10.5. The predicted octanol–water partition coefficient (Wildman–Crippen LogP) is 0.708. The first kappa shape index (κ1) is 16.6. The van der Waals surface area contributed by atoms with Crippen molar-refractivity contribution in [3.63, 3.8) is 0 Å². The van der Waals surface area contributed by atoms with Crippen LogP contribution in [0.4, 0.5) is 5.69 Å². The fraction of sp³-hybridized carbons (Fsp3) is 0.562. The highest BCUT2D eigenvalue weighted by molar-refractivity contribution is 5.98. The number of fused-ring (bicyclic) bond motifs is 1. The Morgan fingerprint density at radius 1 is 1.55 bits per heavy atom. The second-order valence-corrected chi connectivity index (χ2v) is 5.94. The fourth-order valence-electron chi connectivity index (χ4n) is 2.68. The van der Waals surface area contributed by atoms with Crippen LogP contribution in [0.1, 0.15) is 24.2 Å². The molecule has 6 heteroatoms. The van der Waals surface area contributed by atoms with Crippen LogP contribution in [-0.2, 0) is 0 Å². The maximum Gasteiger partial charge on any atom is 0.258 e. The maximum atomic E-state index is 12.8. The van der Waals surface area contributed by atoms with Gasteiger partial charge in [-0.05, 0) is 32.2 Å². The number of rotatable bonds is 4. The molecular weight excluding hydrogens is 282 g/mol. The summed E-state index contributed by atoms with van der Waals surface area (Å²) in [6.07, 6.45) is -0.0612. The first-order valence-corrected chi connectivity index (χ1v) is 7.60. The Labute approximate surface area is 131 Å². The van der Waals surface area contributed by atoms with E-state index in [2.05, 4.69) is 12.2 Å². The number of hydrogen-bond acceptors (Lipinski definition) is 5. The second-order valence-electron chi connectivity index (χ2n) is 5.94. The molecule has 0 radical (unpaired) electrons. The Balaban J connectivity index is 2.45. The predicted molar refractivity (Wildman–Crippen MR) is 85.9 cm³/mol. The van der Waals surface area contributed by atoms with Crippen LogP contribution in [0.15, 0.2) is 18.2 Å². The summed E-state index contributed by atoms with van der Waals surface area (Å²) in [6, 6.07) is 4.86. The Morgan fingerprint density at radius 3 is 2.91 bits per heavy atom. The summed E-state index contributed by atoms with van der Waals surface area (Å²) in [5.41, 5.74) is 6.79. The van der Waals surface area contributed by atoms with Crippen LogP contribution < -0.4 is 15.8 Å². The number of likely N-dealkylation sites (N-methyl/N-ethyl adjacent to an activating group) is 1. The van der Waals surface area contributed by atoms with Crippen LogP contribution in [0.25, 0.3) is 0 Å². The van der Waals surface area contributed by atoms with Crippen molar-refractivity contribution in [1.82, 2.24) is 10.2 Å². The summed E-state index contributed by atoms with van der Waals surface area (Å²) in [5.74, 6) is 0.524. The SMILES string of the molecule is CNC[C@H]1Oc2ccc(N)cc2C(=O)N([C@H](C)CO)C[C@@H]1C. The monoisotopic (exact) mass is 307 g/mol. The zero-order valence-electron chi connectivity index (χ0n) is 13.4. The zero-order valence-corrected chi connectivity index (χ0v) is 13.4. The minimum Gasteiger partial charge on any atom is -0.488 e. The summed E-state index contributed by atoms with van der Waals surface area (Å²) in [6.45, 7) is 5.02. The fourth-order valence-corrected chi connectivity index (χ4v) is 2.68. The number of amides is 1. The third-order valence-corrected chi connectivity index (χ3v) is 4.09. The van der Waals surface area contributed by atoms with Crippen molar-refractivity contribution in [3.8, 4) is 5.75 Å². The third-order valence-electron chi connectivity index (χ3n) is 4.09. The molecule has 0 bridgehead atoms. The van der Waals surface area contributed by atoms with Crippen LogP contribution in [0.3, 0.4) is 0 Å². The van der Waals surface area contributed by atoms with E-state index in [1.165, 1.54) is 0 Å². The van der Waals surface area contributed by atoms with E-state index in [4.69, 9.17) is 10.5 Å². The molecule has 1 aliphatic rings. The molecule has 0 fully saturated rings. The van der Waals surface area contributed by atoms with E-state index < -0.39 is 0 Å². The lowest BCUT2D eigenvalue weighted by Crippen LogP contribution is -2.49. The van der Waals surface area contributed by atoms with Crippen LogP contribution in [-0.4, -0.2) is 54.8 Å². The molecule has 0 saturated carbocycles. The van der Waals surface area contributed by atoms with E-state index >= 15 is 0 Å². The van der Waals surface area contributed by atoms with E-state index in [1.807, 2.05) is 14.0 Å². The molecule has 1 aliphatic heterocycles. The van der Waals surface area contributed by atoms with Gasteiger partial charge in [0.25, 0.3) is 5.91 Å². The van der Waals surface area contributed by atoms with Gasteiger partial charge in [-0.25, -0.2) is 0 Å². The Morgan fingerprint density at radius 2 is 2.27 bits per heavy atom. The van der Waals surface area contributed by atoms with Gasteiger partial charge in [0.05, 0.1) is 18.2 Å². The maximum absolute atomic E-state index is 12.8. The van der Waals surface area contributed by atoms with E-state index in [0.717, 1.165) is 0 Å². The Hall–Kier alpha value is -1.79. The molecule has 0 saturated heterocycles. The smallest absolute Gasteiger partial charge is 0.258 e. The van der Waals surface area contributed by atoms with Crippen molar-refractivity contribution in [2.24, 2.45) is 5.92 Å². The van der Waals surface area contributed by atoms with Gasteiger partial charge in [-0.3, -0.25) is 4.79 Å². The minimum atomic E-state index is -0.252. The van der Waals surface area contributed by atoms with Crippen molar-refractivity contribution in [2.75, 3.05) is 32.5 Å². The second kappa shape index (κ2) is 6.98. The average Bonchev–Trinajstić information content (AvgIpc) is 2.51. The standard InChI is InChI=1S/C16H25N3O3/c1-10-8-19(11(2)9-20)16(21)13-6-12(17)4-5-14(13)22-15(10)7-18-3/h4-6,10-11,15,18,20H,7-9,17H2,1-3H3/t10-,11+,15+/m0/s1. The molecule has 1 aromatic carbocycles. The van der Waals surface area contributed by atoms with Gasteiger partial charge in [-0.15, -0.1) is 0 Å². The number of carbonyl (C=O) groups is 1. The number of nitrogen functional groups attached to an aromatic ring is 1. The number of hydrogen-bond donors (Lipinski definition) is 3. The topological polar surface area (TPSA) is 87.8 Å². The summed E-state index contributed by atoms with van der Waals surface area (Å²) in [4.78, 5) is 14.5. The van der Waals surface area contributed by atoms with Crippen molar-refractivity contribution in [2.45, 2.75) is 26.0 Å². The number of nitrogens with two attached hydrogens (primary N) is 1. The molecule has 122 valence electrons. The van der Waals surface area contributed by atoms with Crippen molar-refractivity contribution in [1.29, 1.82) is 0 Å². The van der Waals surface area contributed by atoms with E-state index in [0.29, 0.717) is 30.1 Å². The van der Waals surface area contributed by atoms with Crippen LogP contribution in [0.2, 0.25) is 0 Å². The van der Waals surface area contributed by atoms with Gasteiger partial charge in [0.15, 0.2) is 0 Å². The van der Waals surface area contributed by atoms with E-state index in [1.54, 1.807) is 23.1 Å². The normalized spacial score (nSPS) is 23.3. The van der Waals surface area contributed by atoms with E-state index in [-0.39, 0.29) is 30.6 Å². The van der Waals surface area contributed by atoms with E-state index in [9.17, 15) is 9.90 Å². The molecule has 0 spiro atoms. The molecule has 0 aliphatic carbocycles. The molecule has 22 heavy (non-hydrogen) atoms. The number of benzene rings is 1. The number of nitrogens with zero attached hydrogens (tertiary/aromatic N) is 1. The minimum absolute atomic E-state index is 0.0612. The third kappa shape index (κ3) is 3.34. The molecular formula is C16H25N3O3. The van der Waals surface area contributed by atoms with Gasteiger partial charge in [0.2, 0.25) is 0 Å².